The van der Waals surface area contributed by atoms with Crippen LogP contribution in [0.4, 0.5) is 0 Å². The third-order valence-electron chi connectivity index (χ3n) is 6.12. The minimum atomic E-state index is 0.454. The minimum Gasteiger partial charge on any atom is -0.328 e. The van der Waals surface area contributed by atoms with Crippen LogP contribution in [0, 0.1) is 0 Å². The molecule has 2 N–H and O–H groups in total. The zero-order valence-corrected chi connectivity index (χ0v) is 12.8. The molecule has 2 bridgehead atoms. The zero-order valence-electron chi connectivity index (χ0n) is 12.8. The Kier molecular flexibility index (Phi) is 3.89. The summed E-state index contributed by atoms with van der Waals surface area (Å²) in [5.41, 5.74) is 6.70. The van der Waals surface area contributed by atoms with Gasteiger partial charge in [0.05, 0.1) is 0 Å². The van der Waals surface area contributed by atoms with Gasteiger partial charge in [-0.25, -0.2) is 0 Å². The first-order valence-electron chi connectivity index (χ1n) is 8.29. The normalized spacial score (nSPS) is 38.8. The molecule has 0 spiro atoms. The second-order valence-corrected chi connectivity index (χ2v) is 7.47. The Labute approximate surface area is 118 Å². The Morgan fingerprint density at radius 3 is 2.16 bits per heavy atom. The number of nitrogens with two attached hydrogens (primary N) is 1. The van der Waals surface area contributed by atoms with Gasteiger partial charge in [0.2, 0.25) is 0 Å². The first kappa shape index (κ1) is 13.8. The molecule has 1 aliphatic carbocycles. The van der Waals surface area contributed by atoms with E-state index < -0.39 is 0 Å². The molecular formula is C16H31N3. The molecule has 0 aromatic rings. The molecule has 3 aliphatic rings. The van der Waals surface area contributed by atoms with Crippen LogP contribution in [0.5, 0.6) is 0 Å². The van der Waals surface area contributed by atoms with Crippen molar-refractivity contribution < 1.29 is 0 Å². The van der Waals surface area contributed by atoms with E-state index in [9.17, 15) is 0 Å². The number of piperidine rings is 2. The van der Waals surface area contributed by atoms with Gasteiger partial charge in [-0.2, -0.15) is 0 Å². The van der Waals surface area contributed by atoms with E-state index in [1.807, 2.05) is 0 Å². The minimum absolute atomic E-state index is 0.454. The molecule has 0 aromatic carbocycles. The summed E-state index contributed by atoms with van der Waals surface area (Å²) in [6, 6.07) is 2.02. The fourth-order valence-corrected chi connectivity index (χ4v) is 4.90. The quantitative estimate of drug-likeness (QED) is 0.849. The Hall–Kier alpha value is -0.120. The van der Waals surface area contributed by atoms with Crippen molar-refractivity contribution in [2.24, 2.45) is 5.73 Å². The van der Waals surface area contributed by atoms with E-state index in [0.717, 1.165) is 12.1 Å². The second kappa shape index (κ2) is 5.34. The molecule has 3 rings (SSSR count). The first-order valence-corrected chi connectivity index (χ1v) is 8.29. The van der Waals surface area contributed by atoms with E-state index in [1.165, 1.54) is 64.3 Å². The summed E-state index contributed by atoms with van der Waals surface area (Å²) >= 11 is 0. The zero-order chi connectivity index (χ0) is 13.5. The molecule has 0 aromatic heterocycles. The van der Waals surface area contributed by atoms with Crippen LogP contribution in [-0.4, -0.2) is 54.1 Å². The van der Waals surface area contributed by atoms with Crippen molar-refractivity contribution >= 4 is 0 Å². The second-order valence-electron chi connectivity index (χ2n) is 7.47. The summed E-state index contributed by atoms with van der Waals surface area (Å²) in [4.78, 5) is 5.38. The Morgan fingerprint density at radius 1 is 1.05 bits per heavy atom. The highest BCUT2D eigenvalue weighted by molar-refractivity contribution is 5.01. The van der Waals surface area contributed by atoms with Gasteiger partial charge in [0.15, 0.2) is 0 Å². The third-order valence-corrected chi connectivity index (χ3v) is 6.12. The van der Waals surface area contributed by atoms with E-state index in [-0.39, 0.29) is 0 Å². The lowest BCUT2D eigenvalue weighted by Gasteiger charge is -2.52. The van der Waals surface area contributed by atoms with Gasteiger partial charge in [0.1, 0.15) is 0 Å². The van der Waals surface area contributed by atoms with Gasteiger partial charge in [0, 0.05) is 30.2 Å². The average Bonchev–Trinajstić information content (AvgIpc) is 2.80. The SMILES string of the molecule is CN(C)C1(CN2C3CCCC2CC(N)C3)CCCC1. The molecule has 3 nitrogen and oxygen atoms in total. The highest BCUT2D eigenvalue weighted by atomic mass is 15.3. The molecule has 3 heteroatoms. The van der Waals surface area contributed by atoms with Crippen molar-refractivity contribution in [3.05, 3.63) is 0 Å². The molecular weight excluding hydrogens is 234 g/mol. The van der Waals surface area contributed by atoms with Gasteiger partial charge in [-0.05, 0) is 52.6 Å². The van der Waals surface area contributed by atoms with Crippen LogP contribution in [-0.2, 0) is 0 Å². The molecule has 19 heavy (non-hydrogen) atoms. The van der Waals surface area contributed by atoms with E-state index in [1.54, 1.807) is 0 Å². The number of fused-ring (bicyclic) bond motifs is 2. The van der Waals surface area contributed by atoms with E-state index in [2.05, 4.69) is 23.9 Å². The van der Waals surface area contributed by atoms with Crippen LogP contribution in [0.15, 0.2) is 0 Å². The van der Waals surface area contributed by atoms with Crippen molar-refractivity contribution in [2.45, 2.75) is 81.5 Å². The summed E-state index contributed by atoms with van der Waals surface area (Å²) in [7, 11) is 4.58. The highest BCUT2D eigenvalue weighted by Gasteiger charge is 2.44. The summed E-state index contributed by atoms with van der Waals surface area (Å²) in [6.45, 7) is 1.29. The third kappa shape index (κ3) is 2.57. The molecule has 1 saturated carbocycles. The summed E-state index contributed by atoms with van der Waals surface area (Å²) in [6.07, 6.45) is 12.3. The molecule has 110 valence electrons. The van der Waals surface area contributed by atoms with E-state index in [4.69, 9.17) is 5.73 Å². The van der Waals surface area contributed by atoms with Crippen LogP contribution in [0.2, 0.25) is 0 Å². The van der Waals surface area contributed by atoms with Crippen molar-refractivity contribution in [2.75, 3.05) is 20.6 Å². The molecule has 2 aliphatic heterocycles. The van der Waals surface area contributed by atoms with Crippen molar-refractivity contribution in [1.82, 2.24) is 9.80 Å². The van der Waals surface area contributed by atoms with Gasteiger partial charge in [-0.1, -0.05) is 19.3 Å². The van der Waals surface area contributed by atoms with Crippen molar-refractivity contribution in [1.29, 1.82) is 0 Å². The Balaban J connectivity index is 1.74. The predicted molar refractivity (Wildman–Crippen MR) is 80.2 cm³/mol. The summed E-state index contributed by atoms with van der Waals surface area (Å²) in [5, 5.41) is 0. The fraction of sp³-hybridized carbons (Fsp3) is 1.00. The van der Waals surface area contributed by atoms with Crippen molar-refractivity contribution in [3.8, 4) is 0 Å². The predicted octanol–water partition coefficient (Wildman–Crippen LogP) is 2.20. The molecule has 0 radical (unpaired) electrons. The van der Waals surface area contributed by atoms with Crippen LogP contribution < -0.4 is 5.73 Å². The lowest BCUT2D eigenvalue weighted by atomic mass is 9.80. The molecule has 2 heterocycles. The number of rotatable bonds is 3. The van der Waals surface area contributed by atoms with Crippen LogP contribution in [0.3, 0.4) is 0 Å². The lowest BCUT2D eigenvalue weighted by molar-refractivity contribution is -0.0148. The van der Waals surface area contributed by atoms with E-state index >= 15 is 0 Å². The van der Waals surface area contributed by atoms with Crippen molar-refractivity contribution in [3.63, 3.8) is 0 Å². The maximum atomic E-state index is 6.25. The van der Waals surface area contributed by atoms with Crippen LogP contribution >= 0.6 is 0 Å². The standard InChI is InChI=1S/C16H31N3/c1-18(2)16(8-3-4-9-16)12-19-14-6-5-7-15(19)11-13(17)10-14/h13-15H,3-12,17H2,1-2H3. The number of likely N-dealkylation sites (N-methyl/N-ethyl adjacent to an activating group) is 1. The number of hydrogen-bond acceptors (Lipinski definition) is 3. The average molecular weight is 265 g/mol. The van der Waals surface area contributed by atoms with Gasteiger partial charge < -0.3 is 10.6 Å². The molecule has 2 saturated heterocycles. The smallest absolute Gasteiger partial charge is 0.0330 e. The largest absolute Gasteiger partial charge is 0.328 e. The maximum Gasteiger partial charge on any atom is 0.0330 e. The fourth-order valence-electron chi connectivity index (χ4n) is 4.90. The van der Waals surface area contributed by atoms with Crippen LogP contribution in [0.1, 0.15) is 57.8 Å². The van der Waals surface area contributed by atoms with Gasteiger partial charge in [0.25, 0.3) is 0 Å². The summed E-state index contributed by atoms with van der Waals surface area (Å²) in [5.74, 6) is 0. The highest BCUT2D eigenvalue weighted by Crippen LogP contribution is 2.40. The Morgan fingerprint density at radius 2 is 1.63 bits per heavy atom. The molecule has 2 unspecified atom stereocenters. The summed E-state index contributed by atoms with van der Waals surface area (Å²) < 4.78 is 0. The van der Waals surface area contributed by atoms with Gasteiger partial charge in [-0.3, -0.25) is 4.90 Å². The van der Waals surface area contributed by atoms with E-state index in [0.29, 0.717) is 11.6 Å². The number of nitrogens with zero attached hydrogens (tertiary/aromatic N) is 2. The lowest BCUT2D eigenvalue weighted by Crippen LogP contribution is -2.61. The molecule has 2 atom stereocenters. The Bertz CT molecular complexity index is 295. The molecule has 3 fully saturated rings. The maximum absolute atomic E-state index is 6.25. The first-order chi connectivity index (χ1) is 9.11. The molecule has 0 amide bonds. The number of hydrogen-bond donors (Lipinski definition) is 1. The van der Waals surface area contributed by atoms with Crippen LogP contribution in [0.25, 0.3) is 0 Å². The van der Waals surface area contributed by atoms with Gasteiger partial charge >= 0.3 is 0 Å². The monoisotopic (exact) mass is 265 g/mol. The topological polar surface area (TPSA) is 32.5 Å². The van der Waals surface area contributed by atoms with Gasteiger partial charge in [-0.15, -0.1) is 0 Å².